The van der Waals surface area contributed by atoms with E-state index >= 15 is 0 Å². The van der Waals surface area contributed by atoms with Crippen LogP contribution in [0.3, 0.4) is 0 Å². The third-order valence-electron chi connectivity index (χ3n) is 2.54. The third kappa shape index (κ3) is 5.17. The fourth-order valence-corrected chi connectivity index (χ4v) is 1.77. The van der Waals surface area contributed by atoms with Crippen LogP contribution in [0.1, 0.15) is 40.0 Å². The smallest absolute Gasteiger partial charge is 0.306 e. The van der Waals surface area contributed by atoms with Crippen LogP contribution in [0.4, 0.5) is 0 Å². The first-order valence-corrected chi connectivity index (χ1v) is 6.03. The Bertz CT molecular complexity index is 297. The zero-order valence-electron chi connectivity index (χ0n) is 10.9. The fourth-order valence-electron chi connectivity index (χ4n) is 1.77. The van der Waals surface area contributed by atoms with Gasteiger partial charge in [-0.05, 0) is 27.2 Å². The van der Waals surface area contributed by atoms with Crippen LogP contribution in [0.15, 0.2) is 0 Å². The van der Waals surface area contributed by atoms with Crippen LogP contribution in [0.5, 0.6) is 0 Å². The van der Waals surface area contributed by atoms with E-state index in [-0.39, 0.29) is 30.8 Å². The maximum Gasteiger partial charge on any atom is 0.306 e. The molecule has 1 heterocycles. The van der Waals surface area contributed by atoms with Crippen LogP contribution in [-0.4, -0.2) is 41.5 Å². The van der Waals surface area contributed by atoms with Crippen LogP contribution in [0.25, 0.3) is 0 Å². The molecule has 1 unspecified atom stereocenters. The van der Waals surface area contributed by atoms with E-state index in [4.69, 9.17) is 10.5 Å². The van der Waals surface area contributed by atoms with Gasteiger partial charge in [0.25, 0.3) is 0 Å². The molecule has 1 saturated heterocycles. The molecule has 1 atom stereocenters. The molecule has 0 bridgehead atoms. The maximum absolute atomic E-state index is 11.7. The Kier molecular flexibility index (Phi) is 4.51. The van der Waals surface area contributed by atoms with Crippen LogP contribution in [0.2, 0.25) is 0 Å². The van der Waals surface area contributed by atoms with Crippen molar-refractivity contribution in [3.8, 4) is 0 Å². The number of rotatable bonds is 3. The van der Waals surface area contributed by atoms with Crippen LogP contribution < -0.4 is 5.73 Å². The number of hydrogen-bond donors (Lipinski definition) is 1. The van der Waals surface area contributed by atoms with Crippen LogP contribution in [0, 0.1) is 0 Å². The summed E-state index contributed by atoms with van der Waals surface area (Å²) in [6.07, 6.45) is 1.20. The summed E-state index contributed by atoms with van der Waals surface area (Å²) in [5.41, 5.74) is 5.23. The fraction of sp³-hybridized carbons (Fsp3) is 0.833. The summed E-state index contributed by atoms with van der Waals surface area (Å²) in [7, 11) is 0. The Morgan fingerprint density at radius 2 is 2.00 bits per heavy atom. The molecule has 1 aliphatic rings. The van der Waals surface area contributed by atoms with E-state index in [1.807, 2.05) is 20.8 Å². The Balaban J connectivity index is 2.26. The van der Waals surface area contributed by atoms with E-state index in [0.29, 0.717) is 13.1 Å². The van der Waals surface area contributed by atoms with Crippen molar-refractivity contribution in [1.82, 2.24) is 4.90 Å². The average molecular weight is 242 g/mol. The van der Waals surface area contributed by atoms with Crippen molar-refractivity contribution < 1.29 is 14.3 Å². The number of esters is 1. The molecule has 1 fully saturated rings. The van der Waals surface area contributed by atoms with E-state index < -0.39 is 5.60 Å². The van der Waals surface area contributed by atoms with Gasteiger partial charge in [0.05, 0.1) is 6.42 Å². The molecule has 1 amide bonds. The van der Waals surface area contributed by atoms with Crippen molar-refractivity contribution in [2.45, 2.75) is 51.7 Å². The molecule has 1 rings (SSSR count). The zero-order valence-corrected chi connectivity index (χ0v) is 10.9. The number of likely N-dealkylation sites (tertiary alicyclic amines) is 1. The lowest BCUT2D eigenvalue weighted by Gasteiger charge is -2.20. The van der Waals surface area contributed by atoms with Gasteiger partial charge in [0.15, 0.2) is 0 Å². The molecule has 0 aliphatic carbocycles. The van der Waals surface area contributed by atoms with Gasteiger partial charge in [-0.2, -0.15) is 0 Å². The van der Waals surface area contributed by atoms with Gasteiger partial charge in [-0.25, -0.2) is 0 Å². The summed E-state index contributed by atoms with van der Waals surface area (Å²) in [4.78, 5) is 24.9. The van der Waals surface area contributed by atoms with Gasteiger partial charge in [-0.3, -0.25) is 9.59 Å². The number of amides is 1. The van der Waals surface area contributed by atoms with Gasteiger partial charge >= 0.3 is 5.97 Å². The Morgan fingerprint density at radius 1 is 1.35 bits per heavy atom. The second-order valence-corrected chi connectivity index (χ2v) is 5.47. The minimum Gasteiger partial charge on any atom is -0.460 e. The molecule has 0 radical (unpaired) electrons. The first kappa shape index (κ1) is 14.0. The molecule has 98 valence electrons. The molecular weight excluding hydrogens is 220 g/mol. The number of carbonyl (C=O) groups is 2. The van der Waals surface area contributed by atoms with Gasteiger partial charge < -0.3 is 15.4 Å². The SMILES string of the molecule is CC(C)(C)OC(=O)CCC(=O)N1CCC(N)C1. The summed E-state index contributed by atoms with van der Waals surface area (Å²) in [5, 5.41) is 0. The lowest BCUT2D eigenvalue weighted by molar-refractivity contribution is -0.156. The Hall–Kier alpha value is -1.10. The largest absolute Gasteiger partial charge is 0.460 e. The molecule has 0 aromatic heterocycles. The molecule has 5 heteroatoms. The van der Waals surface area contributed by atoms with E-state index in [1.165, 1.54) is 0 Å². The average Bonchev–Trinajstić information content (AvgIpc) is 2.58. The zero-order chi connectivity index (χ0) is 13.1. The molecule has 17 heavy (non-hydrogen) atoms. The second-order valence-electron chi connectivity index (χ2n) is 5.47. The highest BCUT2D eigenvalue weighted by Gasteiger charge is 2.24. The number of hydrogen-bond acceptors (Lipinski definition) is 4. The Labute approximate surface area is 102 Å². The summed E-state index contributed by atoms with van der Waals surface area (Å²) in [5.74, 6) is -0.335. The lowest BCUT2D eigenvalue weighted by atomic mass is 10.2. The third-order valence-corrected chi connectivity index (χ3v) is 2.54. The first-order valence-electron chi connectivity index (χ1n) is 6.03. The van der Waals surface area contributed by atoms with Crippen molar-refractivity contribution >= 4 is 11.9 Å². The van der Waals surface area contributed by atoms with Gasteiger partial charge in [-0.1, -0.05) is 0 Å². The molecular formula is C12H22N2O3. The summed E-state index contributed by atoms with van der Waals surface area (Å²) >= 11 is 0. The topological polar surface area (TPSA) is 72.6 Å². The van der Waals surface area contributed by atoms with Gasteiger partial charge in [0, 0.05) is 25.6 Å². The number of ether oxygens (including phenoxy) is 1. The van der Waals surface area contributed by atoms with E-state index in [1.54, 1.807) is 4.90 Å². The van der Waals surface area contributed by atoms with Gasteiger partial charge in [0.1, 0.15) is 5.60 Å². The molecule has 0 spiro atoms. The summed E-state index contributed by atoms with van der Waals surface area (Å²) in [6, 6.07) is 0.0838. The van der Waals surface area contributed by atoms with Crippen molar-refractivity contribution in [3.63, 3.8) is 0 Å². The van der Waals surface area contributed by atoms with Gasteiger partial charge in [-0.15, -0.1) is 0 Å². The summed E-state index contributed by atoms with van der Waals surface area (Å²) in [6.45, 7) is 6.74. The quantitative estimate of drug-likeness (QED) is 0.738. The Morgan fingerprint density at radius 3 is 2.47 bits per heavy atom. The van der Waals surface area contributed by atoms with Crippen LogP contribution >= 0.6 is 0 Å². The normalized spacial score (nSPS) is 20.5. The number of nitrogens with two attached hydrogens (primary N) is 1. The monoisotopic (exact) mass is 242 g/mol. The van der Waals surface area contributed by atoms with E-state index in [2.05, 4.69) is 0 Å². The molecule has 1 aliphatic heterocycles. The van der Waals surface area contributed by atoms with Crippen molar-refractivity contribution in [2.75, 3.05) is 13.1 Å². The van der Waals surface area contributed by atoms with Gasteiger partial charge in [0.2, 0.25) is 5.91 Å². The predicted molar refractivity (Wildman–Crippen MR) is 64.3 cm³/mol. The van der Waals surface area contributed by atoms with Crippen molar-refractivity contribution in [3.05, 3.63) is 0 Å². The van der Waals surface area contributed by atoms with E-state index in [9.17, 15) is 9.59 Å². The second kappa shape index (κ2) is 5.49. The molecule has 5 nitrogen and oxygen atoms in total. The predicted octanol–water partition coefficient (Wildman–Crippen LogP) is 0.668. The molecule has 0 aromatic rings. The van der Waals surface area contributed by atoms with E-state index in [0.717, 1.165) is 6.42 Å². The molecule has 2 N–H and O–H groups in total. The standard InChI is InChI=1S/C12H22N2O3/c1-12(2,3)17-11(16)5-4-10(15)14-7-6-9(13)8-14/h9H,4-8,13H2,1-3H3. The highest BCUT2D eigenvalue weighted by molar-refractivity contribution is 5.81. The van der Waals surface area contributed by atoms with Crippen molar-refractivity contribution in [2.24, 2.45) is 5.73 Å². The van der Waals surface area contributed by atoms with Crippen LogP contribution in [-0.2, 0) is 14.3 Å². The molecule has 0 saturated carbocycles. The highest BCUT2D eigenvalue weighted by Crippen LogP contribution is 2.12. The first-order chi connectivity index (χ1) is 7.78. The maximum atomic E-state index is 11.7. The molecule has 0 aromatic carbocycles. The summed E-state index contributed by atoms with van der Waals surface area (Å²) < 4.78 is 5.14. The number of nitrogens with zero attached hydrogens (tertiary/aromatic N) is 1. The lowest BCUT2D eigenvalue weighted by Crippen LogP contribution is -2.32. The highest BCUT2D eigenvalue weighted by atomic mass is 16.6. The minimum absolute atomic E-state index is 0.0104. The van der Waals surface area contributed by atoms with Crippen molar-refractivity contribution in [1.29, 1.82) is 0 Å². The minimum atomic E-state index is -0.490. The number of carbonyl (C=O) groups excluding carboxylic acids is 2.